The summed E-state index contributed by atoms with van der Waals surface area (Å²) in [7, 11) is 1.35. The third-order valence-electron chi connectivity index (χ3n) is 5.06. The van der Waals surface area contributed by atoms with Gasteiger partial charge < -0.3 is 24.4 Å². The number of anilines is 1. The maximum absolute atomic E-state index is 12.7. The highest BCUT2D eigenvalue weighted by Gasteiger charge is 2.29. The molecule has 2 aliphatic rings. The molecule has 0 spiro atoms. The highest BCUT2D eigenvalue weighted by molar-refractivity contribution is 5.92. The molecule has 1 aromatic carbocycles. The lowest BCUT2D eigenvalue weighted by Gasteiger charge is -2.30. The number of carbonyl (C=O) groups excluding carboxylic acids is 2. The van der Waals surface area contributed by atoms with E-state index in [1.807, 2.05) is 30.3 Å². The van der Waals surface area contributed by atoms with Crippen LogP contribution in [0.1, 0.15) is 12.8 Å². The molecule has 1 saturated heterocycles. The van der Waals surface area contributed by atoms with Gasteiger partial charge in [0, 0.05) is 18.7 Å². The topological polar surface area (TPSA) is 90.0 Å². The van der Waals surface area contributed by atoms with Gasteiger partial charge in [-0.3, -0.25) is 4.79 Å². The predicted octanol–water partition coefficient (Wildman–Crippen LogP) is 2.94. The zero-order valence-corrected chi connectivity index (χ0v) is 16.2. The molecule has 2 aromatic rings. The van der Waals surface area contributed by atoms with Crippen molar-refractivity contribution in [3.63, 3.8) is 0 Å². The van der Waals surface area contributed by atoms with E-state index < -0.39 is 6.09 Å². The summed E-state index contributed by atoms with van der Waals surface area (Å²) in [6.07, 6.45) is 1.08. The molecule has 1 aromatic heterocycles. The average molecular weight is 397 g/mol. The molecular formula is C21H23N3O5. The Hall–Kier alpha value is -3.29. The normalized spacial score (nSPS) is 18.1. The molecule has 152 valence electrons. The van der Waals surface area contributed by atoms with E-state index in [1.54, 1.807) is 11.0 Å². The smallest absolute Gasteiger partial charge is 0.409 e. The molecule has 1 fully saturated rings. The van der Waals surface area contributed by atoms with Gasteiger partial charge in [0.15, 0.2) is 11.5 Å². The molecule has 1 atom stereocenters. The predicted molar refractivity (Wildman–Crippen MR) is 106 cm³/mol. The van der Waals surface area contributed by atoms with Crippen LogP contribution in [0, 0.1) is 5.92 Å². The molecule has 2 amide bonds. The van der Waals surface area contributed by atoms with Crippen molar-refractivity contribution in [2.24, 2.45) is 5.92 Å². The maximum Gasteiger partial charge on any atom is 0.409 e. The molecule has 0 saturated carbocycles. The largest absolute Gasteiger partial charge is 0.486 e. The number of rotatable bonds is 3. The van der Waals surface area contributed by atoms with Gasteiger partial charge in [-0.05, 0) is 43.2 Å². The van der Waals surface area contributed by atoms with Crippen LogP contribution in [-0.2, 0) is 9.53 Å². The summed E-state index contributed by atoms with van der Waals surface area (Å²) in [6, 6.07) is 11.1. The number of likely N-dealkylation sites (tertiary alicyclic amines) is 1. The molecule has 8 heteroatoms. The third kappa shape index (κ3) is 4.26. The molecule has 3 heterocycles. The highest BCUT2D eigenvalue weighted by Crippen LogP contribution is 2.34. The Labute approximate surface area is 168 Å². The quantitative estimate of drug-likeness (QED) is 0.857. The minimum absolute atomic E-state index is 0.148. The van der Waals surface area contributed by atoms with Crippen LogP contribution in [0.25, 0.3) is 11.3 Å². The molecule has 0 bridgehead atoms. The number of ether oxygens (including phenoxy) is 3. The SMILES string of the molecule is COC(=O)N1CCCC(C(=O)Nc2cccc(-c3ccc4c(c3)OCCO4)n2)C1. The first kappa shape index (κ1) is 19.0. The van der Waals surface area contributed by atoms with Crippen molar-refractivity contribution >= 4 is 17.8 Å². The summed E-state index contributed by atoms with van der Waals surface area (Å²) in [6.45, 7) is 2.01. The van der Waals surface area contributed by atoms with Crippen LogP contribution in [0.5, 0.6) is 11.5 Å². The summed E-state index contributed by atoms with van der Waals surface area (Å²) >= 11 is 0. The van der Waals surface area contributed by atoms with E-state index in [0.717, 1.165) is 29.8 Å². The standard InChI is InChI=1S/C21H23N3O5/c1-27-21(26)24-9-3-4-15(13-24)20(25)23-19-6-2-5-16(22-19)14-7-8-17-18(12-14)29-11-10-28-17/h2,5-8,12,15H,3-4,9-11,13H2,1H3,(H,22,23,25). The average Bonchev–Trinajstić information content (AvgIpc) is 2.78. The Kier molecular flexibility index (Phi) is 5.50. The molecule has 1 unspecified atom stereocenters. The number of pyridine rings is 1. The second kappa shape index (κ2) is 8.38. The van der Waals surface area contributed by atoms with Gasteiger partial charge in [0.25, 0.3) is 0 Å². The van der Waals surface area contributed by atoms with E-state index in [9.17, 15) is 9.59 Å². The van der Waals surface area contributed by atoms with Gasteiger partial charge in [-0.1, -0.05) is 6.07 Å². The van der Waals surface area contributed by atoms with E-state index in [1.165, 1.54) is 7.11 Å². The van der Waals surface area contributed by atoms with Crippen LogP contribution in [0.4, 0.5) is 10.6 Å². The fourth-order valence-electron chi connectivity index (χ4n) is 3.58. The van der Waals surface area contributed by atoms with Crippen molar-refractivity contribution in [3.05, 3.63) is 36.4 Å². The number of aromatic nitrogens is 1. The zero-order chi connectivity index (χ0) is 20.2. The van der Waals surface area contributed by atoms with E-state index in [4.69, 9.17) is 14.2 Å². The van der Waals surface area contributed by atoms with Crippen molar-refractivity contribution in [2.45, 2.75) is 12.8 Å². The Balaban J connectivity index is 1.46. The van der Waals surface area contributed by atoms with E-state index in [-0.39, 0.29) is 11.8 Å². The third-order valence-corrected chi connectivity index (χ3v) is 5.06. The molecular weight excluding hydrogens is 374 g/mol. The molecule has 29 heavy (non-hydrogen) atoms. The number of nitrogens with zero attached hydrogens (tertiary/aromatic N) is 2. The second-order valence-corrected chi connectivity index (χ2v) is 7.01. The first-order valence-electron chi connectivity index (χ1n) is 9.65. The van der Waals surface area contributed by atoms with Gasteiger partial charge >= 0.3 is 6.09 Å². The van der Waals surface area contributed by atoms with Gasteiger partial charge in [0.2, 0.25) is 5.91 Å². The highest BCUT2D eigenvalue weighted by atomic mass is 16.6. The molecule has 4 rings (SSSR count). The number of hydrogen-bond donors (Lipinski definition) is 1. The molecule has 0 radical (unpaired) electrons. The summed E-state index contributed by atoms with van der Waals surface area (Å²) in [5, 5.41) is 2.88. The monoisotopic (exact) mass is 397 g/mol. The van der Waals surface area contributed by atoms with Gasteiger partial charge in [-0.25, -0.2) is 9.78 Å². The van der Waals surface area contributed by atoms with Crippen molar-refractivity contribution in [1.82, 2.24) is 9.88 Å². The first-order chi connectivity index (χ1) is 14.1. The molecule has 2 aliphatic heterocycles. The summed E-state index contributed by atoms with van der Waals surface area (Å²) in [5.74, 6) is 1.44. The van der Waals surface area contributed by atoms with E-state index in [2.05, 4.69) is 10.3 Å². The Bertz CT molecular complexity index is 917. The van der Waals surface area contributed by atoms with Gasteiger partial charge in [-0.15, -0.1) is 0 Å². The fraction of sp³-hybridized carbons (Fsp3) is 0.381. The van der Waals surface area contributed by atoms with Crippen LogP contribution in [-0.4, -0.2) is 55.3 Å². The van der Waals surface area contributed by atoms with Crippen LogP contribution >= 0.6 is 0 Å². The van der Waals surface area contributed by atoms with Gasteiger partial charge in [0.1, 0.15) is 19.0 Å². The van der Waals surface area contributed by atoms with Crippen molar-refractivity contribution in [3.8, 4) is 22.8 Å². The number of carbonyl (C=O) groups is 2. The summed E-state index contributed by atoms with van der Waals surface area (Å²) in [5.41, 5.74) is 1.60. The Morgan fingerprint density at radius 3 is 2.83 bits per heavy atom. The number of fused-ring (bicyclic) bond motifs is 1. The van der Waals surface area contributed by atoms with Crippen molar-refractivity contribution in [2.75, 3.05) is 38.7 Å². The fourth-order valence-corrected chi connectivity index (χ4v) is 3.58. The van der Waals surface area contributed by atoms with Gasteiger partial charge in [-0.2, -0.15) is 0 Å². The first-order valence-corrected chi connectivity index (χ1v) is 9.65. The summed E-state index contributed by atoms with van der Waals surface area (Å²) in [4.78, 5) is 30.6. The number of nitrogens with one attached hydrogen (secondary N) is 1. The van der Waals surface area contributed by atoms with Crippen LogP contribution in [0.15, 0.2) is 36.4 Å². The zero-order valence-electron chi connectivity index (χ0n) is 16.2. The lowest BCUT2D eigenvalue weighted by Crippen LogP contribution is -2.43. The Morgan fingerprint density at radius 2 is 2.00 bits per heavy atom. The molecule has 1 N–H and O–H groups in total. The van der Waals surface area contributed by atoms with Crippen molar-refractivity contribution in [1.29, 1.82) is 0 Å². The van der Waals surface area contributed by atoms with Gasteiger partial charge in [0.05, 0.1) is 18.7 Å². The summed E-state index contributed by atoms with van der Waals surface area (Å²) < 4.78 is 15.9. The lowest BCUT2D eigenvalue weighted by atomic mass is 9.97. The van der Waals surface area contributed by atoms with Crippen LogP contribution in [0.2, 0.25) is 0 Å². The number of benzene rings is 1. The molecule has 0 aliphatic carbocycles. The minimum atomic E-state index is -0.402. The number of methoxy groups -OCH3 is 1. The number of amides is 2. The van der Waals surface area contributed by atoms with E-state index >= 15 is 0 Å². The van der Waals surface area contributed by atoms with E-state index in [0.29, 0.717) is 37.9 Å². The number of piperidine rings is 1. The lowest BCUT2D eigenvalue weighted by molar-refractivity contribution is -0.121. The van der Waals surface area contributed by atoms with Crippen LogP contribution in [0.3, 0.4) is 0 Å². The second-order valence-electron chi connectivity index (χ2n) is 7.01. The maximum atomic E-state index is 12.7. The molecule has 8 nitrogen and oxygen atoms in total. The van der Waals surface area contributed by atoms with Crippen LogP contribution < -0.4 is 14.8 Å². The Morgan fingerprint density at radius 1 is 1.17 bits per heavy atom. The number of hydrogen-bond acceptors (Lipinski definition) is 6. The van der Waals surface area contributed by atoms with Crippen molar-refractivity contribution < 1.29 is 23.8 Å². The minimum Gasteiger partial charge on any atom is -0.486 e.